The summed E-state index contributed by atoms with van der Waals surface area (Å²) in [4.78, 5) is 36.0. The molecule has 2 fully saturated rings. The zero-order valence-electron chi connectivity index (χ0n) is 16.8. The predicted octanol–water partition coefficient (Wildman–Crippen LogP) is 3.05. The average Bonchev–Trinajstić information content (AvgIpc) is 3.11. The minimum absolute atomic E-state index is 0.0509. The molecule has 0 N–H and O–H groups in total. The van der Waals surface area contributed by atoms with Crippen molar-refractivity contribution in [1.29, 1.82) is 0 Å². The van der Waals surface area contributed by atoms with Crippen molar-refractivity contribution in [3.8, 4) is 0 Å². The van der Waals surface area contributed by atoms with Crippen LogP contribution in [0.5, 0.6) is 0 Å². The zero-order chi connectivity index (χ0) is 20.5. The molecule has 2 aliphatic heterocycles. The van der Waals surface area contributed by atoms with Gasteiger partial charge < -0.3 is 14.7 Å². The Morgan fingerprint density at radius 2 is 1.79 bits per heavy atom. The number of carbonyl (C=O) groups is 2. The van der Waals surface area contributed by atoms with Gasteiger partial charge in [0.2, 0.25) is 11.8 Å². The number of anilines is 2. The van der Waals surface area contributed by atoms with Crippen LogP contribution >= 0.6 is 11.6 Å². The van der Waals surface area contributed by atoms with E-state index in [0.29, 0.717) is 44.2 Å². The van der Waals surface area contributed by atoms with Crippen molar-refractivity contribution < 1.29 is 9.59 Å². The number of hydrogen-bond acceptors (Lipinski definition) is 4. The molecule has 7 heteroatoms. The first-order valence-corrected chi connectivity index (χ1v) is 10.4. The van der Waals surface area contributed by atoms with Crippen LogP contribution in [-0.4, -0.2) is 54.4 Å². The maximum absolute atomic E-state index is 13.0. The fourth-order valence-electron chi connectivity index (χ4n) is 3.99. The number of pyridine rings is 1. The molecule has 3 heterocycles. The van der Waals surface area contributed by atoms with Crippen LogP contribution in [0.2, 0.25) is 5.02 Å². The van der Waals surface area contributed by atoms with E-state index < -0.39 is 5.92 Å². The second kappa shape index (κ2) is 8.03. The number of piperazine rings is 1. The fourth-order valence-corrected chi connectivity index (χ4v) is 4.10. The lowest BCUT2D eigenvalue weighted by atomic mass is 10.1. The molecule has 2 aliphatic rings. The second-order valence-corrected chi connectivity index (χ2v) is 8.18. The van der Waals surface area contributed by atoms with Crippen LogP contribution in [0.1, 0.15) is 17.5 Å². The van der Waals surface area contributed by atoms with Crippen molar-refractivity contribution in [3.05, 3.63) is 52.7 Å². The van der Waals surface area contributed by atoms with Gasteiger partial charge in [-0.1, -0.05) is 17.7 Å². The summed E-state index contributed by atoms with van der Waals surface area (Å²) in [6.45, 7) is 7.26. The van der Waals surface area contributed by atoms with Gasteiger partial charge in [0, 0.05) is 44.6 Å². The van der Waals surface area contributed by atoms with Gasteiger partial charge >= 0.3 is 0 Å². The van der Waals surface area contributed by atoms with E-state index in [0.717, 1.165) is 17.1 Å². The number of benzene rings is 1. The molecule has 1 aromatic carbocycles. The van der Waals surface area contributed by atoms with Gasteiger partial charge in [-0.2, -0.15) is 0 Å². The van der Waals surface area contributed by atoms with E-state index in [1.54, 1.807) is 11.1 Å². The third-order valence-electron chi connectivity index (χ3n) is 5.93. The molecule has 1 atom stereocenters. The molecule has 29 heavy (non-hydrogen) atoms. The topological polar surface area (TPSA) is 56.8 Å². The number of aromatic nitrogens is 1. The van der Waals surface area contributed by atoms with Crippen LogP contribution in [0, 0.1) is 19.8 Å². The van der Waals surface area contributed by atoms with Gasteiger partial charge in [0.05, 0.1) is 5.02 Å². The number of rotatable bonds is 3. The first-order chi connectivity index (χ1) is 13.9. The molecular weight excluding hydrogens is 388 g/mol. The molecule has 0 bridgehead atoms. The Morgan fingerprint density at radius 1 is 1.03 bits per heavy atom. The molecule has 152 valence electrons. The van der Waals surface area contributed by atoms with Crippen molar-refractivity contribution in [2.45, 2.75) is 20.3 Å². The summed E-state index contributed by atoms with van der Waals surface area (Å²) in [5.41, 5.74) is 3.23. The Balaban J connectivity index is 1.38. The van der Waals surface area contributed by atoms with Gasteiger partial charge in [-0.15, -0.1) is 0 Å². The lowest BCUT2D eigenvalue weighted by Gasteiger charge is -2.36. The van der Waals surface area contributed by atoms with E-state index in [1.165, 1.54) is 5.56 Å². The van der Waals surface area contributed by atoms with Gasteiger partial charge in [0.1, 0.15) is 11.7 Å². The van der Waals surface area contributed by atoms with E-state index in [9.17, 15) is 9.59 Å². The molecular formula is C22H25ClN4O2. The number of carbonyl (C=O) groups excluding carboxylic acids is 2. The minimum Gasteiger partial charge on any atom is -0.353 e. The molecule has 6 nitrogen and oxygen atoms in total. The number of hydrogen-bond donors (Lipinski definition) is 0. The molecule has 0 aliphatic carbocycles. The van der Waals surface area contributed by atoms with Crippen LogP contribution < -0.4 is 9.80 Å². The third-order valence-corrected chi connectivity index (χ3v) is 6.16. The largest absolute Gasteiger partial charge is 0.353 e. The van der Waals surface area contributed by atoms with E-state index >= 15 is 0 Å². The number of halogens is 1. The maximum Gasteiger partial charge on any atom is 0.239 e. The molecule has 2 aromatic rings. The normalized spacial score (nSPS) is 19.8. The average molecular weight is 413 g/mol. The number of nitrogens with zero attached hydrogens (tertiary/aromatic N) is 4. The summed E-state index contributed by atoms with van der Waals surface area (Å²) in [5, 5.41) is 0.607. The smallest absolute Gasteiger partial charge is 0.239 e. The summed E-state index contributed by atoms with van der Waals surface area (Å²) >= 11 is 5.90. The van der Waals surface area contributed by atoms with Crippen LogP contribution in [0.15, 0.2) is 36.5 Å². The molecule has 0 spiro atoms. The Labute approximate surface area is 176 Å². The van der Waals surface area contributed by atoms with E-state index in [2.05, 4.69) is 16.8 Å². The summed E-state index contributed by atoms with van der Waals surface area (Å²) in [6, 6.07) is 9.72. The second-order valence-electron chi connectivity index (χ2n) is 7.75. The molecule has 0 saturated carbocycles. The van der Waals surface area contributed by atoms with Crippen molar-refractivity contribution in [2.75, 3.05) is 42.5 Å². The van der Waals surface area contributed by atoms with Crippen LogP contribution in [-0.2, 0) is 9.59 Å². The Hall–Kier alpha value is -2.60. The molecule has 1 aromatic heterocycles. The first kappa shape index (κ1) is 19.7. The number of amides is 2. The van der Waals surface area contributed by atoms with Gasteiger partial charge in [-0.3, -0.25) is 9.59 Å². The lowest BCUT2D eigenvalue weighted by Crippen LogP contribution is -2.51. The van der Waals surface area contributed by atoms with Crippen molar-refractivity contribution in [3.63, 3.8) is 0 Å². The summed E-state index contributed by atoms with van der Waals surface area (Å²) in [5.74, 6) is 0.154. The SMILES string of the molecule is Cc1ccc(N2CCC(C(=O)N3CCN(c4ccc(Cl)cn4)CC3)C2=O)cc1C. The highest BCUT2D eigenvalue weighted by Gasteiger charge is 2.40. The lowest BCUT2D eigenvalue weighted by molar-refractivity contribution is -0.140. The number of aryl methyl sites for hydroxylation is 2. The van der Waals surface area contributed by atoms with Gasteiger partial charge in [0.25, 0.3) is 0 Å². The Kier molecular flexibility index (Phi) is 5.46. The monoisotopic (exact) mass is 412 g/mol. The molecule has 2 amide bonds. The summed E-state index contributed by atoms with van der Waals surface area (Å²) < 4.78 is 0. The molecule has 4 rings (SSSR count). The van der Waals surface area contributed by atoms with Gasteiger partial charge in [0.15, 0.2) is 0 Å². The Bertz CT molecular complexity index is 923. The third kappa shape index (κ3) is 3.94. The summed E-state index contributed by atoms with van der Waals surface area (Å²) in [6.07, 6.45) is 2.20. The van der Waals surface area contributed by atoms with Gasteiger partial charge in [-0.05, 0) is 55.7 Å². The van der Waals surface area contributed by atoms with Crippen molar-refractivity contribution >= 4 is 34.9 Å². The van der Waals surface area contributed by atoms with E-state index in [4.69, 9.17) is 11.6 Å². The minimum atomic E-state index is -0.572. The first-order valence-electron chi connectivity index (χ1n) is 9.98. The van der Waals surface area contributed by atoms with E-state index in [-0.39, 0.29) is 11.8 Å². The molecule has 0 radical (unpaired) electrons. The highest BCUT2D eigenvalue weighted by molar-refractivity contribution is 6.30. The van der Waals surface area contributed by atoms with Crippen LogP contribution in [0.4, 0.5) is 11.5 Å². The molecule has 1 unspecified atom stereocenters. The zero-order valence-corrected chi connectivity index (χ0v) is 17.5. The van der Waals surface area contributed by atoms with Crippen molar-refractivity contribution in [2.24, 2.45) is 5.92 Å². The fraction of sp³-hybridized carbons (Fsp3) is 0.409. The van der Waals surface area contributed by atoms with Crippen LogP contribution in [0.3, 0.4) is 0 Å². The van der Waals surface area contributed by atoms with Crippen LogP contribution in [0.25, 0.3) is 0 Å². The highest BCUT2D eigenvalue weighted by atomic mass is 35.5. The maximum atomic E-state index is 13.0. The predicted molar refractivity (Wildman–Crippen MR) is 114 cm³/mol. The van der Waals surface area contributed by atoms with Crippen molar-refractivity contribution in [1.82, 2.24) is 9.88 Å². The van der Waals surface area contributed by atoms with E-state index in [1.807, 2.05) is 42.2 Å². The highest BCUT2D eigenvalue weighted by Crippen LogP contribution is 2.28. The standard InChI is InChI=1S/C22H25ClN4O2/c1-15-3-5-18(13-16(15)2)27-8-7-19(22(27)29)21(28)26-11-9-25(10-12-26)20-6-4-17(23)14-24-20/h3-6,13-14,19H,7-12H2,1-2H3. The Morgan fingerprint density at radius 3 is 2.45 bits per heavy atom. The molecule has 2 saturated heterocycles. The van der Waals surface area contributed by atoms with Gasteiger partial charge in [-0.25, -0.2) is 4.98 Å². The quantitative estimate of drug-likeness (QED) is 0.727. The summed E-state index contributed by atoms with van der Waals surface area (Å²) in [7, 11) is 0.